The van der Waals surface area contributed by atoms with Gasteiger partial charge in [0, 0.05) is 12.1 Å². The molecule has 124 valence electrons. The lowest BCUT2D eigenvalue weighted by molar-refractivity contribution is 0.157. The van der Waals surface area contributed by atoms with Gasteiger partial charge in [0.1, 0.15) is 0 Å². The highest BCUT2D eigenvalue weighted by Gasteiger charge is 2.19. The van der Waals surface area contributed by atoms with Crippen LogP contribution in [-0.2, 0) is 6.54 Å². The number of benzene rings is 1. The molecule has 0 spiro atoms. The maximum atomic E-state index is 5.41. The van der Waals surface area contributed by atoms with Crippen LogP contribution in [0.1, 0.15) is 25.7 Å². The smallest absolute Gasteiger partial charge is 0.241 e. The molecular weight excluding hydrogens is 294 g/mol. The first-order valence-corrected chi connectivity index (χ1v) is 7.97. The lowest BCUT2D eigenvalue weighted by Gasteiger charge is -2.29. The summed E-state index contributed by atoms with van der Waals surface area (Å²) in [5, 5.41) is 4.09. The van der Waals surface area contributed by atoms with E-state index in [4.69, 9.17) is 14.0 Å². The zero-order valence-corrected chi connectivity index (χ0v) is 13.9. The van der Waals surface area contributed by atoms with Gasteiger partial charge in [-0.3, -0.25) is 4.90 Å². The molecule has 6 nitrogen and oxygen atoms in total. The zero-order valence-electron chi connectivity index (χ0n) is 13.9. The van der Waals surface area contributed by atoms with Gasteiger partial charge in [-0.15, -0.1) is 0 Å². The first-order chi connectivity index (χ1) is 11.2. The third-order valence-corrected chi connectivity index (χ3v) is 4.21. The summed E-state index contributed by atoms with van der Waals surface area (Å²) in [5.41, 5.74) is 0.852. The van der Waals surface area contributed by atoms with Crippen LogP contribution in [0.15, 0.2) is 22.7 Å². The molecule has 1 aromatic carbocycles. The van der Waals surface area contributed by atoms with Crippen LogP contribution in [0, 0.1) is 5.92 Å². The van der Waals surface area contributed by atoms with Crippen molar-refractivity contribution in [1.82, 2.24) is 15.0 Å². The van der Waals surface area contributed by atoms with Crippen molar-refractivity contribution in [3.8, 4) is 22.9 Å². The fourth-order valence-electron chi connectivity index (χ4n) is 3.03. The summed E-state index contributed by atoms with van der Waals surface area (Å²) in [6.07, 6.45) is 2.54. The largest absolute Gasteiger partial charge is 0.493 e. The van der Waals surface area contributed by atoms with Gasteiger partial charge in [-0.05, 0) is 43.5 Å². The number of rotatable bonds is 5. The van der Waals surface area contributed by atoms with E-state index >= 15 is 0 Å². The predicted octanol–water partition coefficient (Wildman–Crippen LogP) is 2.99. The summed E-state index contributed by atoms with van der Waals surface area (Å²) in [6, 6.07) is 5.60. The normalized spacial score (nSPS) is 18.8. The van der Waals surface area contributed by atoms with E-state index in [2.05, 4.69) is 22.0 Å². The van der Waals surface area contributed by atoms with E-state index in [1.54, 1.807) is 14.2 Å². The van der Waals surface area contributed by atoms with E-state index < -0.39 is 0 Å². The Morgan fingerprint density at radius 2 is 2.09 bits per heavy atom. The number of aromatic nitrogens is 2. The molecule has 1 fully saturated rings. The standard InChI is InChI=1S/C17H23N3O3/c1-12-5-4-8-20(10-12)11-16-18-17(19-23-16)13-6-7-14(21-2)15(9-13)22-3/h6-7,9,12H,4-5,8,10-11H2,1-3H3. The number of hydrogen-bond acceptors (Lipinski definition) is 6. The molecule has 0 N–H and O–H groups in total. The third kappa shape index (κ3) is 3.64. The van der Waals surface area contributed by atoms with Crippen molar-refractivity contribution < 1.29 is 14.0 Å². The number of nitrogens with zero attached hydrogens (tertiary/aromatic N) is 3. The van der Waals surface area contributed by atoms with Crippen LogP contribution >= 0.6 is 0 Å². The highest BCUT2D eigenvalue weighted by molar-refractivity contribution is 5.60. The van der Waals surface area contributed by atoms with Crippen molar-refractivity contribution >= 4 is 0 Å². The number of hydrogen-bond donors (Lipinski definition) is 0. The molecule has 0 radical (unpaired) electrons. The van der Waals surface area contributed by atoms with E-state index in [1.807, 2.05) is 18.2 Å². The summed E-state index contributed by atoms with van der Waals surface area (Å²) in [4.78, 5) is 6.89. The van der Waals surface area contributed by atoms with Gasteiger partial charge in [-0.1, -0.05) is 12.1 Å². The lowest BCUT2D eigenvalue weighted by Crippen LogP contribution is -2.33. The third-order valence-electron chi connectivity index (χ3n) is 4.21. The van der Waals surface area contributed by atoms with Crippen molar-refractivity contribution in [1.29, 1.82) is 0 Å². The van der Waals surface area contributed by atoms with Crippen LogP contribution in [0.4, 0.5) is 0 Å². The van der Waals surface area contributed by atoms with Gasteiger partial charge in [0.2, 0.25) is 11.7 Å². The molecule has 23 heavy (non-hydrogen) atoms. The monoisotopic (exact) mass is 317 g/mol. The van der Waals surface area contributed by atoms with Crippen molar-refractivity contribution in [3.63, 3.8) is 0 Å². The van der Waals surface area contributed by atoms with E-state index in [0.717, 1.165) is 24.6 Å². The summed E-state index contributed by atoms with van der Waals surface area (Å²) in [7, 11) is 3.23. The molecule has 1 saturated heterocycles. The van der Waals surface area contributed by atoms with Crippen molar-refractivity contribution in [2.75, 3.05) is 27.3 Å². The number of likely N-dealkylation sites (tertiary alicyclic amines) is 1. The molecule has 3 rings (SSSR count). The minimum absolute atomic E-state index is 0.575. The van der Waals surface area contributed by atoms with Gasteiger partial charge in [0.25, 0.3) is 0 Å². The highest BCUT2D eigenvalue weighted by atomic mass is 16.5. The zero-order chi connectivity index (χ0) is 16.2. The Kier molecular flexibility index (Phi) is 4.81. The molecule has 1 aromatic heterocycles. The van der Waals surface area contributed by atoms with E-state index in [0.29, 0.717) is 29.8 Å². The molecule has 1 unspecified atom stereocenters. The van der Waals surface area contributed by atoms with E-state index in [9.17, 15) is 0 Å². The Bertz CT molecular complexity index is 656. The van der Waals surface area contributed by atoms with Crippen LogP contribution in [-0.4, -0.2) is 42.3 Å². The lowest BCUT2D eigenvalue weighted by atomic mass is 10.0. The van der Waals surface area contributed by atoms with Crippen LogP contribution in [0.2, 0.25) is 0 Å². The number of methoxy groups -OCH3 is 2. The predicted molar refractivity (Wildman–Crippen MR) is 86.5 cm³/mol. The minimum atomic E-state index is 0.575. The number of ether oxygens (including phenoxy) is 2. The van der Waals surface area contributed by atoms with Gasteiger partial charge in [0.05, 0.1) is 20.8 Å². The summed E-state index contributed by atoms with van der Waals surface area (Å²) >= 11 is 0. The molecule has 0 aliphatic carbocycles. The van der Waals surface area contributed by atoms with Crippen LogP contribution in [0.25, 0.3) is 11.4 Å². The van der Waals surface area contributed by atoms with Gasteiger partial charge < -0.3 is 14.0 Å². The van der Waals surface area contributed by atoms with Crippen LogP contribution < -0.4 is 9.47 Å². The minimum Gasteiger partial charge on any atom is -0.493 e. The molecule has 1 aliphatic heterocycles. The average molecular weight is 317 g/mol. The van der Waals surface area contributed by atoms with Crippen molar-refractivity contribution in [2.45, 2.75) is 26.3 Å². The summed E-state index contributed by atoms with van der Waals surface area (Å²) in [5.74, 6) is 3.30. The Balaban J connectivity index is 1.74. The molecule has 1 atom stereocenters. The fraction of sp³-hybridized carbons (Fsp3) is 0.529. The van der Waals surface area contributed by atoms with Gasteiger partial charge in [0.15, 0.2) is 11.5 Å². The second-order valence-electron chi connectivity index (χ2n) is 6.06. The van der Waals surface area contributed by atoms with Crippen molar-refractivity contribution in [2.24, 2.45) is 5.92 Å². The Morgan fingerprint density at radius 3 is 2.83 bits per heavy atom. The molecule has 2 aromatic rings. The summed E-state index contributed by atoms with van der Waals surface area (Å²) < 4.78 is 16.0. The molecular formula is C17H23N3O3. The van der Waals surface area contributed by atoms with Crippen molar-refractivity contribution in [3.05, 3.63) is 24.1 Å². The summed E-state index contributed by atoms with van der Waals surface area (Å²) in [6.45, 7) is 5.19. The fourth-order valence-corrected chi connectivity index (χ4v) is 3.03. The van der Waals surface area contributed by atoms with Crippen LogP contribution in [0.5, 0.6) is 11.5 Å². The SMILES string of the molecule is COc1ccc(-c2noc(CN3CCCC(C)C3)n2)cc1OC. The van der Waals surface area contributed by atoms with E-state index in [-0.39, 0.29) is 0 Å². The average Bonchev–Trinajstić information content (AvgIpc) is 3.02. The van der Waals surface area contributed by atoms with Gasteiger partial charge in [-0.25, -0.2) is 0 Å². The Morgan fingerprint density at radius 1 is 1.26 bits per heavy atom. The quantitative estimate of drug-likeness (QED) is 0.845. The first-order valence-electron chi connectivity index (χ1n) is 7.97. The second-order valence-corrected chi connectivity index (χ2v) is 6.06. The molecule has 6 heteroatoms. The van der Waals surface area contributed by atoms with Gasteiger partial charge >= 0.3 is 0 Å². The Hall–Kier alpha value is -2.08. The molecule has 2 heterocycles. The van der Waals surface area contributed by atoms with Gasteiger partial charge in [-0.2, -0.15) is 4.98 Å². The maximum Gasteiger partial charge on any atom is 0.241 e. The topological polar surface area (TPSA) is 60.6 Å². The molecule has 1 aliphatic rings. The second kappa shape index (κ2) is 7.00. The van der Waals surface area contributed by atoms with Crippen LogP contribution in [0.3, 0.4) is 0 Å². The number of piperidine rings is 1. The van der Waals surface area contributed by atoms with E-state index in [1.165, 1.54) is 12.8 Å². The Labute approximate surface area is 136 Å². The maximum absolute atomic E-state index is 5.41. The molecule has 0 bridgehead atoms. The molecule has 0 saturated carbocycles. The first kappa shape index (κ1) is 15.8. The highest BCUT2D eigenvalue weighted by Crippen LogP contribution is 2.31. The molecule has 0 amide bonds.